The Kier molecular flexibility index (Phi) is 5.71. The highest BCUT2D eigenvalue weighted by Crippen LogP contribution is 2.20. The predicted octanol–water partition coefficient (Wildman–Crippen LogP) is 2.63. The maximum Gasteiger partial charge on any atom is 0.125 e. The fourth-order valence-electron chi connectivity index (χ4n) is 3.27. The van der Waals surface area contributed by atoms with Gasteiger partial charge in [-0.05, 0) is 31.2 Å². The highest BCUT2D eigenvalue weighted by molar-refractivity contribution is 5.03. The van der Waals surface area contributed by atoms with Gasteiger partial charge in [-0.3, -0.25) is 4.90 Å². The summed E-state index contributed by atoms with van der Waals surface area (Å²) in [6.45, 7) is 14.3. The lowest BCUT2D eigenvalue weighted by Crippen LogP contribution is -2.58. The van der Waals surface area contributed by atoms with E-state index in [0.717, 1.165) is 37.1 Å². The van der Waals surface area contributed by atoms with Gasteiger partial charge in [0.25, 0.3) is 0 Å². The van der Waals surface area contributed by atoms with Crippen LogP contribution in [0, 0.1) is 18.8 Å². The number of hydrogen-bond acceptors (Lipinski definition) is 4. The molecule has 0 amide bonds. The van der Waals surface area contributed by atoms with E-state index in [1.807, 2.05) is 19.2 Å². The van der Waals surface area contributed by atoms with Crippen LogP contribution in [-0.2, 0) is 6.54 Å². The first-order chi connectivity index (χ1) is 9.95. The first kappa shape index (κ1) is 16.4. The molecule has 1 aromatic heterocycles. The van der Waals surface area contributed by atoms with Gasteiger partial charge in [0.05, 0.1) is 5.69 Å². The molecule has 0 saturated carbocycles. The summed E-state index contributed by atoms with van der Waals surface area (Å²) in [6.07, 6.45) is 3.11. The molecule has 2 unspecified atom stereocenters. The fraction of sp³-hybridized carbons (Fsp3) is 0.765. The van der Waals surface area contributed by atoms with E-state index in [2.05, 4.69) is 47.9 Å². The van der Waals surface area contributed by atoms with Crippen molar-refractivity contribution in [3.63, 3.8) is 0 Å². The minimum atomic E-state index is 0.587. The molecule has 2 heterocycles. The van der Waals surface area contributed by atoms with Crippen molar-refractivity contribution in [3.05, 3.63) is 23.8 Å². The van der Waals surface area contributed by atoms with Crippen molar-refractivity contribution in [1.29, 1.82) is 0 Å². The normalized spacial score (nSPS) is 24.0. The monoisotopic (exact) mass is 290 g/mol. The third kappa shape index (κ3) is 4.75. The van der Waals surface area contributed by atoms with E-state index in [1.165, 1.54) is 6.42 Å². The lowest BCUT2D eigenvalue weighted by molar-refractivity contribution is 0.0839. The van der Waals surface area contributed by atoms with E-state index < -0.39 is 0 Å². The summed E-state index contributed by atoms with van der Waals surface area (Å²) in [5, 5.41) is 3.73. The Labute approximate surface area is 129 Å². The van der Waals surface area contributed by atoms with Gasteiger partial charge >= 0.3 is 0 Å². The highest BCUT2D eigenvalue weighted by atomic mass is 15.2. The molecule has 1 aliphatic rings. The third-order valence-corrected chi connectivity index (χ3v) is 4.26. The Morgan fingerprint density at radius 1 is 1.33 bits per heavy atom. The minimum Gasteiger partial charge on any atom is -0.311 e. The van der Waals surface area contributed by atoms with Crippen LogP contribution in [0.4, 0.5) is 0 Å². The van der Waals surface area contributed by atoms with Crippen LogP contribution in [0.2, 0.25) is 0 Å². The van der Waals surface area contributed by atoms with Crippen LogP contribution in [0.1, 0.15) is 45.6 Å². The molecule has 2 rings (SSSR count). The molecule has 1 saturated heterocycles. The predicted molar refractivity (Wildman–Crippen MR) is 87.1 cm³/mol. The Morgan fingerprint density at radius 2 is 2.10 bits per heavy atom. The number of nitrogens with one attached hydrogen (secondary N) is 1. The Balaban J connectivity index is 2.06. The van der Waals surface area contributed by atoms with Crippen LogP contribution in [0.5, 0.6) is 0 Å². The van der Waals surface area contributed by atoms with Crippen molar-refractivity contribution in [2.24, 2.45) is 11.8 Å². The molecule has 1 aliphatic heterocycles. The summed E-state index contributed by atoms with van der Waals surface area (Å²) in [6, 6.07) is 3.23. The molecule has 0 aromatic carbocycles. The SMILES string of the molecule is Cc1nccc(CN2CC(CC(C)C)NCC2C(C)C)n1. The zero-order valence-electron chi connectivity index (χ0n) is 14.1. The van der Waals surface area contributed by atoms with Crippen molar-refractivity contribution in [2.75, 3.05) is 13.1 Å². The zero-order chi connectivity index (χ0) is 15.4. The Bertz CT molecular complexity index is 444. The molecule has 4 heteroatoms. The van der Waals surface area contributed by atoms with Crippen LogP contribution in [0.15, 0.2) is 12.3 Å². The van der Waals surface area contributed by atoms with Gasteiger partial charge in [-0.25, -0.2) is 9.97 Å². The number of hydrogen-bond donors (Lipinski definition) is 1. The average molecular weight is 290 g/mol. The maximum atomic E-state index is 4.57. The van der Waals surface area contributed by atoms with Gasteiger partial charge in [0.15, 0.2) is 0 Å². The smallest absolute Gasteiger partial charge is 0.125 e. The van der Waals surface area contributed by atoms with E-state index in [0.29, 0.717) is 18.0 Å². The van der Waals surface area contributed by atoms with Crippen molar-refractivity contribution in [3.8, 4) is 0 Å². The summed E-state index contributed by atoms with van der Waals surface area (Å²) in [7, 11) is 0. The number of aryl methyl sites for hydroxylation is 1. The second kappa shape index (κ2) is 7.32. The van der Waals surface area contributed by atoms with E-state index in [-0.39, 0.29) is 0 Å². The molecule has 4 nitrogen and oxygen atoms in total. The number of nitrogens with zero attached hydrogens (tertiary/aromatic N) is 3. The molecule has 21 heavy (non-hydrogen) atoms. The number of piperazine rings is 1. The van der Waals surface area contributed by atoms with Crippen LogP contribution >= 0.6 is 0 Å². The summed E-state index contributed by atoms with van der Waals surface area (Å²) in [5.41, 5.74) is 1.14. The van der Waals surface area contributed by atoms with Crippen molar-refractivity contribution in [1.82, 2.24) is 20.2 Å². The fourth-order valence-corrected chi connectivity index (χ4v) is 3.27. The molecule has 0 spiro atoms. The van der Waals surface area contributed by atoms with Crippen LogP contribution in [0.3, 0.4) is 0 Å². The summed E-state index contributed by atoms with van der Waals surface area (Å²) in [5.74, 6) is 2.25. The molecule has 1 aromatic rings. The van der Waals surface area contributed by atoms with E-state index in [1.54, 1.807) is 0 Å². The second-order valence-corrected chi connectivity index (χ2v) is 7.07. The van der Waals surface area contributed by atoms with Crippen LogP contribution in [0.25, 0.3) is 0 Å². The minimum absolute atomic E-state index is 0.587. The van der Waals surface area contributed by atoms with Crippen LogP contribution < -0.4 is 5.32 Å². The standard InChI is InChI=1S/C17H30N4/c1-12(2)8-16-11-21(17(9-19-16)13(3)4)10-15-6-7-18-14(5)20-15/h6-7,12-13,16-17,19H,8-11H2,1-5H3. The second-order valence-electron chi connectivity index (χ2n) is 7.07. The van der Waals surface area contributed by atoms with Gasteiger partial charge in [-0.1, -0.05) is 27.7 Å². The topological polar surface area (TPSA) is 41.1 Å². The molecule has 118 valence electrons. The van der Waals surface area contributed by atoms with Crippen molar-refractivity contribution < 1.29 is 0 Å². The van der Waals surface area contributed by atoms with Gasteiger partial charge in [0.1, 0.15) is 5.82 Å². The third-order valence-electron chi connectivity index (χ3n) is 4.26. The summed E-state index contributed by atoms with van der Waals surface area (Å²) >= 11 is 0. The van der Waals surface area contributed by atoms with E-state index >= 15 is 0 Å². The number of rotatable bonds is 5. The average Bonchev–Trinajstić information content (AvgIpc) is 2.37. The lowest BCUT2D eigenvalue weighted by Gasteiger charge is -2.42. The molecule has 2 atom stereocenters. The molecule has 1 N–H and O–H groups in total. The van der Waals surface area contributed by atoms with Gasteiger partial charge in [-0.2, -0.15) is 0 Å². The molecule has 1 fully saturated rings. The molecule has 0 radical (unpaired) electrons. The van der Waals surface area contributed by atoms with E-state index in [9.17, 15) is 0 Å². The molecular formula is C17H30N4. The summed E-state index contributed by atoms with van der Waals surface area (Å²) in [4.78, 5) is 11.4. The van der Waals surface area contributed by atoms with Crippen LogP contribution in [-0.4, -0.2) is 40.0 Å². The lowest BCUT2D eigenvalue weighted by atomic mass is 9.95. The zero-order valence-corrected chi connectivity index (χ0v) is 14.1. The van der Waals surface area contributed by atoms with Gasteiger partial charge in [0, 0.05) is 37.9 Å². The largest absolute Gasteiger partial charge is 0.311 e. The Hall–Kier alpha value is -1.00. The van der Waals surface area contributed by atoms with E-state index in [4.69, 9.17) is 0 Å². The van der Waals surface area contributed by atoms with Crippen molar-refractivity contribution in [2.45, 2.75) is 59.7 Å². The quantitative estimate of drug-likeness (QED) is 0.905. The molecule has 0 aliphatic carbocycles. The van der Waals surface area contributed by atoms with Crippen molar-refractivity contribution >= 4 is 0 Å². The first-order valence-electron chi connectivity index (χ1n) is 8.21. The van der Waals surface area contributed by atoms with Gasteiger partial charge < -0.3 is 5.32 Å². The maximum absolute atomic E-state index is 4.57. The number of aromatic nitrogens is 2. The highest BCUT2D eigenvalue weighted by Gasteiger charge is 2.30. The Morgan fingerprint density at radius 3 is 2.71 bits per heavy atom. The van der Waals surface area contributed by atoms with Gasteiger partial charge in [-0.15, -0.1) is 0 Å². The molecular weight excluding hydrogens is 260 g/mol. The first-order valence-corrected chi connectivity index (χ1v) is 8.21. The van der Waals surface area contributed by atoms with Gasteiger partial charge in [0.2, 0.25) is 0 Å². The molecule has 0 bridgehead atoms. The summed E-state index contributed by atoms with van der Waals surface area (Å²) < 4.78 is 0.